The Labute approximate surface area is 136 Å². The highest BCUT2D eigenvalue weighted by Gasteiger charge is 2.28. The number of hydrogen-bond donors (Lipinski definition) is 2. The number of nitrogens with two attached hydrogens (primary N) is 1. The summed E-state index contributed by atoms with van der Waals surface area (Å²) in [7, 11) is 0. The topological polar surface area (TPSA) is 64.4 Å². The van der Waals surface area contributed by atoms with Gasteiger partial charge in [0.05, 0.1) is 8.95 Å². The second-order valence-corrected chi connectivity index (χ2v) is 6.22. The molecule has 0 saturated carbocycles. The van der Waals surface area contributed by atoms with Crippen LogP contribution in [0.15, 0.2) is 39.3 Å². The van der Waals surface area contributed by atoms with E-state index >= 15 is 0 Å². The molecule has 0 radical (unpaired) electrons. The first kappa shape index (κ1) is 14.5. The number of benzene rings is 2. The van der Waals surface area contributed by atoms with Gasteiger partial charge in [0, 0.05) is 17.3 Å². The molecule has 0 spiro atoms. The van der Waals surface area contributed by atoms with Crippen molar-refractivity contribution < 1.29 is 13.9 Å². The second kappa shape index (κ2) is 5.40. The van der Waals surface area contributed by atoms with Crippen molar-refractivity contribution in [1.29, 1.82) is 0 Å². The number of halogens is 3. The lowest BCUT2D eigenvalue weighted by atomic mass is 10.1. The van der Waals surface area contributed by atoms with Gasteiger partial charge in [-0.2, -0.15) is 0 Å². The number of fused-ring (bicyclic) bond motifs is 1. The lowest BCUT2D eigenvalue weighted by molar-refractivity contribution is -0.116. The Morgan fingerprint density at radius 1 is 1.19 bits per heavy atom. The molecule has 1 amide bonds. The first-order chi connectivity index (χ1) is 9.95. The van der Waals surface area contributed by atoms with Crippen molar-refractivity contribution in [2.24, 2.45) is 5.73 Å². The normalized spacial score (nSPS) is 16.6. The van der Waals surface area contributed by atoms with E-state index in [0.717, 1.165) is 0 Å². The molecule has 2 aromatic rings. The molecular weight excluding hydrogens is 407 g/mol. The summed E-state index contributed by atoms with van der Waals surface area (Å²) in [5.74, 6) is 0.353. The van der Waals surface area contributed by atoms with Crippen LogP contribution in [-0.2, 0) is 4.79 Å². The summed E-state index contributed by atoms with van der Waals surface area (Å²) in [6.07, 6.45) is 0. The average molecular weight is 416 g/mol. The Hall–Kier alpha value is -1.44. The van der Waals surface area contributed by atoms with Gasteiger partial charge in [-0.1, -0.05) is 0 Å². The summed E-state index contributed by atoms with van der Waals surface area (Å²) in [5.41, 5.74) is 7.10. The van der Waals surface area contributed by atoms with E-state index < -0.39 is 6.04 Å². The third-order valence-electron chi connectivity index (χ3n) is 3.10. The van der Waals surface area contributed by atoms with Gasteiger partial charge in [0.25, 0.3) is 0 Å². The van der Waals surface area contributed by atoms with Crippen LogP contribution in [0.1, 0.15) is 11.6 Å². The highest BCUT2D eigenvalue weighted by molar-refractivity contribution is 9.10. The SMILES string of the molecule is NC1C(=O)Nc2cc(Oc3ccc(F)c(Br)c3)c(Br)cc21. The van der Waals surface area contributed by atoms with Gasteiger partial charge in [-0.15, -0.1) is 0 Å². The first-order valence-electron chi connectivity index (χ1n) is 5.98. The molecule has 1 heterocycles. The molecule has 1 unspecified atom stereocenters. The molecule has 3 N–H and O–H groups in total. The summed E-state index contributed by atoms with van der Waals surface area (Å²) in [6.45, 7) is 0. The minimum atomic E-state index is -0.676. The van der Waals surface area contributed by atoms with E-state index in [1.54, 1.807) is 12.1 Å². The van der Waals surface area contributed by atoms with Crippen LogP contribution < -0.4 is 15.8 Å². The van der Waals surface area contributed by atoms with Gasteiger partial charge in [0.1, 0.15) is 23.4 Å². The zero-order chi connectivity index (χ0) is 15.1. The number of amides is 1. The number of nitrogens with one attached hydrogen (secondary N) is 1. The molecule has 0 bridgehead atoms. The van der Waals surface area contributed by atoms with Gasteiger partial charge in [0.2, 0.25) is 5.91 Å². The Morgan fingerprint density at radius 2 is 1.95 bits per heavy atom. The number of hydrogen-bond acceptors (Lipinski definition) is 3. The number of anilines is 1. The third-order valence-corrected chi connectivity index (χ3v) is 4.33. The van der Waals surface area contributed by atoms with Crippen molar-refractivity contribution in [1.82, 2.24) is 0 Å². The Bertz CT molecular complexity index is 752. The molecule has 108 valence electrons. The molecule has 0 aromatic heterocycles. The Kier molecular flexibility index (Phi) is 3.73. The monoisotopic (exact) mass is 414 g/mol. The largest absolute Gasteiger partial charge is 0.456 e. The molecule has 2 aromatic carbocycles. The van der Waals surface area contributed by atoms with Gasteiger partial charge in [-0.05, 0) is 56.1 Å². The molecule has 3 rings (SSSR count). The fourth-order valence-electron chi connectivity index (χ4n) is 2.03. The lowest BCUT2D eigenvalue weighted by Gasteiger charge is -2.11. The van der Waals surface area contributed by atoms with Crippen LogP contribution in [0.5, 0.6) is 11.5 Å². The number of carbonyl (C=O) groups is 1. The predicted octanol–water partition coefficient (Wildman–Crippen LogP) is 4.09. The van der Waals surface area contributed by atoms with Crippen LogP contribution in [0, 0.1) is 5.82 Å². The smallest absolute Gasteiger partial charge is 0.245 e. The van der Waals surface area contributed by atoms with Gasteiger partial charge < -0.3 is 15.8 Å². The predicted molar refractivity (Wildman–Crippen MR) is 83.9 cm³/mol. The third kappa shape index (κ3) is 2.68. The molecular formula is C14H9Br2FN2O2. The molecule has 21 heavy (non-hydrogen) atoms. The summed E-state index contributed by atoms with van der Waals surface area (Å²) >= 11 is 6.49. The minimum absolute atomic E-state index is 0.251. The van der Waals surface area contributed by atoms with Gasteiger partial charge in [-0.25, -0.2) is 4.39 Å². The van der Waals surface area contributed by atoms with Crippen molar-refractivity contribution in [2.75, 3.05) is 5.32 Å². The summed E-state index contributed by atoms with van der Waals surface area (Å²) in [5, 5.41) is 2.69. The van der Waals surface area contributed by atoms with Crippen molar-refractivity contribution in [3.05, 3.63) is 50.7 Å². The van der Waals surface area contributed by atoms with Crippen molar-refractivity contribution in [2.45, 2.75) is 6.04 Å². The van der Waals surface area contributed by atoms with Crippen LogP contribution in [0.25, 0.3) is 0 Å². The van der Waals surface area contributed by atoms with E-state index in [-0.39, 0.29) is 11.7 Å². The molecule has 0 fully saturated rings. The van der Waals surface area contributed by atoms with E-state index in [1.807, 2.05) is 0 Å². The maximum Gasteiger partial charge on any atom is 0.245 e. The van der Waals surface area contributed by atoms with Crippen molar-refractivity contribution in [3.63, 3.8) is 0 Å². The maximum atomic E-state index is 13.2. The second-order valence-electron chi connectivity index (χ2n) is 4.51. The molecule has 7 heteroatoms. The number of rotatable bonds is 2. The van der Waals surface area contributed by atoms with E-state index in [9.17, 15) is 9.18 Å². The molecule has 1 atom stereocenters. The van der Waals surface area contributed by atoms with Crippen LogP contribution in [0.2, 0.25) is 0 Å². The van der Waals surface area contributed by atoms with Crippen molar-refractivity contribution >= 4 is 43.5 Å². The molecule has 0 aliphatic carbocycles. The highest BCUT2D eigenvalue weighted by atomic mass is 79.9. The lowest BCUT2D eigenvalue weighted by Crippen LogP contribution is -2.19. The summed E-state index contributed by atoms with van der Waals surface area (Å²) < 4.78 is 19.9. The zero-order valence-electron chi connectivity index (χ0n) is 10.5. The summed E-state index contributed by atoms with van der Waals surface area (Å²) in [4.78, 5) is 11.6. The van der Waals surface area contributed by atoms with Crippen LogP contribution in [0.3, 0.4) is 0 Å². The van der Waals surface area contributed by atoms with E-state index in [1.165, 1.54) is 18.2 Å². The van der Waals surface area contributed by atoms with Crippen LogP contribution in [0.4, 0.5) is 10.1 Å². The molecule has 1 aliphatic rings. The molecule has 4 nitrogen and oxygen atoms in total. The maximum absolute atomic E-state index is 13.2. The zero-order valence-corrected chi connectivity index (χ0v) is 13.7. The van der Waals surface area contributed by atoms with Crippen LogP contribution >= 0.6 is 31.9 Å². The molecule has 0 saturated heterocycles. The number of ether oxygens (including phenoxy) is 1. The van der Waals surface area contributed by atoms with Gasteiger partial charge in [0.15, 0.2) is 0 Å². The Balaban J connectivity index is 1.95. The van der Waals surface area contributed by atoms with E-state index in [0.29, 0.717) is 31.7 Å². The summed E-state index contributed by atoms with van der Waals surface area (Å²) in [6, 6.07) is 7.10. The van der Waals surface area contributed by atoms with Gasteiger partial charge in [-0.3, -0.25) is 4.79 Å². The quantitative estimate of drug-likeness (QED) is 0.776. The standard InChI is InChI=1S/C14H9Br2FN2O2/c15-8-3-6(1-2-10(8)17)21-12-5-11-7(4-9(12)16)13(18)14(20)19-11/h1-5,13H,18H2,(H,19,20). The number of carbonyl (C=O) groups excluding carboxylic acids is 1. The minimum Gasteiger partial charge on any atom is -0.456 e. The fraction of sp³-hybridized carbons (Fsp3) is 0.0714. The first-order valence-corrected chi connectivity index (χ1v) is 7.57. The van der Waals surface area contributed by atoms with Crippen molar-refractivity contribution in [3.8, 4) is 11.5 Å². The molecule has 1 aliphatic heterocycles. The van der Waals surface area contributed by atoms with E-state index in [4.69, 9.17) is 10.5 Å². The Morgan fingerprint density at radius 3 is 2.67 bits per heavy atom. The fourth-order valence-corrected chi connectivity index (χ4v) is 2.83. The van der Waals surface area contributed by atoms with E-state index in [2.05, 4.69) is 37.2 Å². The van der Waals surface area contributed by atoms with Crippen LogP contribution in [-0.4, -0.2) is 5.91 Å². The highest BCUT2D eigenvalue weighted by Crippen LogP contribution is 2.39. The van der Waals surface area contributed by atoms with Gasteiger partial charge >= 0.3 is 0 Å². The average Bonchev–Trinajstić information content (AvgIpc) is 2.70.